The molecule has 0 radical (unpaired) electrons. The second-order valence-electron chi connectivity index (χ2n) is 3.78. The molecule has 0 atom stereocenters. The van der Waals surface area contributed by atoms with Crippen LogP contribution in [0.5, 0.6) is 5.75 Å². The standard InChI is InChI=1S/C12H16N2O3/c1-9(7-13-3)8-17-12-5-4-11(14(15)16)6-10(12)2/h4-6,13H,1,7-8H2,2-3H3. The van der Waals surface area contributed by atoms with Crippen molar-refractivity contribution in [3.05, 3.63) is 46.0 Å². The fourth-order valence-electron chi connectivity index (χ4n) is 1.39. The van der Waals surface area contributed by atoms with E-state index >= 15 is 0 Å². The average Bonchev–Trinajstić information content (AvgIpc) is 2.27. The van der Waals surface area contributed by atoms with Crippen molar-refractivity contribution in [3.8, 4) is 5.75 Å². The Bertz CT molecular complexity index is 430. The number of likely N-dealkylation sites (N-methyl/N-ethyl adjacent to an activating group) is 1. The molecule has 0 saturated carbocycles. The normalized spacial score (nSPS) is 10.0. The number of ether oxygens (including phenoxy) is 1. The third kappa shape index (κ3) is 3.88. The van der Waals surface area contributed by atoms with Crippen LogP contribution >= 0.6 is 0 Å². The highest BCUT2D eigenvalue weighted by Gasteiger charge is 2.08. The van der Waals surface area contributed by atoms with Gasteiger partial charge >= 0.3 is 0 Å². The predicted molar refractivity (Wildman–Crippen MR) is 66.4 cm³/mol. The first-order valence-corrected chi connectivity index (χ1v) is 5.23. The van der Waals surface area contributed by atoms with Crippen molar-refractivity contribution >= 4 is 5.69 Å². The molecule has 0 bridgehead atoms. The lowest BCUT2D eigenvalue weighted by Crippen LogP contribution is -2.14. The van der Waals surface area contributed by atoms with Crippen LogP contribution in [0.2, 0.25) is 0 Å². The summed E-state index contributed by atoms with van der Waals surface area (Å²) in [7, 11) is 1.84. The molecule has 5 nitrogen and oxygen atoms in total. The summed E-state index contributed by atoms with van der Waals surface area (Å²) in [6, 6.07) is 4.54. The molecule has 1 aromatic carbocycles. The SMILES string of the molecule is C=C(CNC)COc1ccc([N+](=O)[O-])cc1C. The number of benzene rings is 1. The molecule has 0 heterocycles. The van der Waals surface area contributed by atoms with Gasteiger partial charge in [0, 0.05) is 18.7 Å². The fourth-order valence-corrected chi connectivity index (χ4v) is 1.39. The Morgan fingerprint density at radius 1 is 1.59 bits per heavy atom. The smallest absolute Gasteiger partial charge is 0.269 e. The maximum Gasteiger partial charge on any atom is 0.269 e. The molecule has 1 N–H and O–H groups in total. The van der Waals surface area contributed by atoms with Crippen molar-refractivity contribution in [1.29, 1.82) is 0 Å². The van der Waals surface area contributed by atoms with Gasteiger partial charge in [-0.15, -0.1) is 0 Å². The number of non-ortho nitro benzene ring substituents is 1. The molecule has 0 aliphatic carbocycles. The van der Waals surface area contributed by atoms with E-state index in [2.05, 4.69) is 11.9 Å². The minimum Gasteiger partial charge on any atom is -0.489 e. The highest BCUT2D eigenvalue weighted by atomic mass is 16.6. The van der Waals surface area contributed by atoms with Crippen molar-refractivity contribution in [2.24, 2.45) is 0 Å². The minimum atomic E-state index is -0.420. The number of hydrogen-bond acceptors (Lipinski definition) is 4. The second kappa shape index (κ2) is 6.00. The van der Waals surface area contributed by atoms with Crippen LogP contribution in [0, 0.1) is 17.0 Å². The largest absolute Gasteiger partial charge is 0.489 e. The molecule has 0 unspecified atom stereocenters. The van der Waals surface area contributed by atoms with E-state index in [1.165, 1.54) is 12.1 Å². The van der Waals surface area contributed by atoms with Gasteiger partial charge in [-0.05, 0) is 31.2 Å². The third-order valence-electron chi connectivity index (χ3n) is 2.23. The molecule has 0 amide bonds. The fraction of sp³-hybridized carbons (Fsp3) is 0.333. The molecule has 0 fully saturated rings. The molecule has 0 aliphatic rings. The third-order valence-corrected chi connectivity index (χ3v) is 2.23. The number of nitrogens with zero attached hydrogens (tertiary/aromatic N) is 1. The van der Waals surface area contributed by atoms with E-state index in [4.69, 9.17) is 4.74 Å². The molecule has 0 spiro atoms. The Morgan fingerprint density at radius 2 is 2.29 bits per heavy atom. The minimum absolute atomic E-state index is 0.0731. The molecule has 5 heteroatoms. The molecule has 92 valence electrons. The summed E-state index contributed by atoms with van der Waals surface area (Å²) < 4.78 is 5.52. The highest BCUT2D eigenvalue weighted by Crippen LogP contribution is 2.23. The average molecular weight is 236 g/mol. The van der Waals surface area contributed by atoms with Crippen LogP contribution in [0.25, 0.3) is 0 Å². The van der Waals surface area contributed by atoms with E-state index in [0.717, 1.165) is 11.1 Å². The van der Waals surface area contributed by atoms with Gasteiger partial charge in [-0.1, -0.05) is 6.58 Å². The summed E-state index contributed by atoms with van der Waals surface area (Å²) in [4.78, 5) is 10.1. The van der Waals surface area contributed by atoms with Crippen molar-refractivity contribution in [3.63, 3.8) is 0 Å². The Balaban J connectivity index is 2.66. The van der Waals surface area contributed by atoms with E-state index < -0.39 is 4.92 Å². The molecule has 0 saturated heterocycles. The van der Waals surface area contributed by atoms with Crippen LogP contribution in [-0.2, 0) is 0 Å². The number of nitro groups is 1. The summed E-state index contributed by atoms with van der Waals surface area (Å²) in [6.07, 6.45) is 0. The molecular weight excluding hydrogens is 220 g/mol. The number of rotatable bonds is 6. The zero-order valence-corrected chi connectivity index (χ0v) is 10.0. The topological polar surface area (TPSA) is 64.4 Å². The summed E-state index contributed by atoms with van der Waals surface area (Å²) in [5, 5.41) is 13.5. The maximum absolute atomic E-state index is 10.6. The van der Waals surface area contributed by atoms with Gasteiger partial charge in [-0.25, -0.2) is 0 Å². The maximum atomic E-state index is 10.6. The van der Waals surface area contributed by atoms with Gasteiger partial charge in [0.05, 0.1) is 4.92 Å². The van der Waals surface area contributed by atoms with E-state index in [1.807, 2.05) is 7.05 Å². The van der Waals surface area contributed by atoms with Crippen molar-refractivity contribution in [1.82, 2.24) is 5.32 Å². The summed E-state index contributed by atoms with van der Waals surface area (Å²) in [5.74, 6) is 0.646. The molecule has 17 heavy (non-hydrogen) atoms. The number of aryl methyl sites for hydroxylation is 1. The zero-order chi connectivity index (χ0) is 12.8. The Morgan fingerprint density at radius 3 is 2.82 bits per heavy atom. The second-order valence-corrected chi connectivity index (χ2v) is 3.78. The lowest BCUT2D eigenvalue weighted by atomic mass is 10.2. The van der Waals surface area contributed by atoms with E-state index in [0.29, 0.717) is 18.9 Å². The van der Waals surface area contributed by atoms with E-state index in [1.54, 1.807) is 13.0 Å². The molecular formula is C12H16N2O3. The zero-order valence-electron chi connectivity index (χ0n) is 10.0. The molecule has 0 aromatic heterocycles. The molecule has 1 rings (SSSR count). The van der Waals surface area contributed by atoms with E-state index in [-0.39, 0.29) is 5.69 Å². The first kappa shape index (κ1) is 13.2. The van der Waals surface area contributed by atoms with E-state index in [9.17, 15) is 10.1 Å². The molecule has 0 aliphatic heterocycles. The highest BCUT2D eigenvalue weighted by molar-refractivity contribution is 5.43. The summed E-state index contributed by atoms with van der Waals surface area (Å²) >= 11 is 0. The number of nitro benzene ring substituents is 1. The Labute approximate surface area is 100 Å². The number of nitrogens with one attached hydrogen (secondary N) is 1. The lowest BCUT2D eigenvalue weighted by molar-refractivity contribution is -0.384. The van der Waals surface area contributed by atoms with Gasteiger partial charge in [-0.3, -0.25) is 10.1 Å². The number of hydrogen-bond donors (Lipinski definition) is 1. The van der Waals surface area contributed by atoms with Crippen molar-refractivity contribution in [2.75, 3.05) is 20.2 Å². The Hall–Kier alpha value is -1.88. The van der Waals surface area contributed by atoms with Gasteiger partial charge < -0.3 is 10.1 Å². The predicted octanol–water partition coefficient (Wildman–Crippen LogP) is 2.06. The van der Waals surface area contributed by atoms with Gasteiger partial charge in [0.1, 0.15) is 12.4 Å². The van der Waals surface area contributed by atoms with Crippen LogP contribution in [0.1, 0.15) is 5.56 Å². The first-order valence-electron chi connectivity index (χ1n) is 5.23. The van der Waals surface area contributed by atoms with Crippen molar-refractivity contribution in [2.45, 2.75) is 6.92 Å². The van der Waals surface area contributed by atoms with Crippen LogP contribution < -0.4 is 10.1 Å². The van der Waals surface area contributed by atoms with Gasteiger partial charge in [0.15, 0.2) is 0 Å². The monoisotopic (exact) mass is 236 g/mol. The van der Waals surface area contributed by atoms with Crippen LogP contribution in [0.4, 0.5) is 5.69 Å². The lowest BCUT2D eigenvalue weighted by Gasteiger charge is -2.10. The van der Waals surface area contributed by atoms with Crippen molar-refractivity contribution < 1.29 is 9.66 Å². The molecule has 1 aromatic rings. The summed E-state index contributed by atoms with van der Waals surface area (Å²) in [5.41, 5.74) is 1.74. The quantitative estimate of drug-likeness (QED) is 0.466. The Kier molecular flexibility index (Phi) is 4.66. The van der Waals surface area contributed by atoms with Gasteiger partial charge in [0.2, 0.25) is 0 Å². The van der Waals surface area contributed by atoms with Gasteiger partial charge in [0.25, 0.3) is 5.69 Å². The summed E-state index contributed by atoms with van der Waals surface area (Å²) in [6.45, 7) is 6.71. The first-order chi connectivity index (χ1) is 8.04. The van der Waals surface area contributed by atoms with Crippen LogP contribution in [0.15, 0.2) is 30.4 Å². The van der Waals surface area contributed by atoms with Crippen LogP contribution in [-0.4, -0.2) is 25.1 Å². The van der Waals surface area contributed by atoms with Gasteiger partial charge in [-0.2, -0.15) is 0 Å². The van der Waals surface area contributed by atoms with Crippen LogP contribution in [0.3, 0.4) is 0 Å².